The fraction of sp³-hybridized carbons (Fsp3) is 0.171. The number of hydrogen-bond acceptors (Lipinski definition) is 0. The second-order valence-corrected chi connectivity index (χ2v) is 16.8. The summed E-state index contributed by atoms with van der Waals surface area (Å²) in [6.07, 6.45) is 9.82. The van der Waals surface area contributed by atoms with Crippen LogP contribution in [-0.2, 0) is 27.5 Å². The zero-order chi connectivity index (χ0) is 25.1. The van der Waals surface area contributed by atoms with Gasteiger partial charge in [0.25, 0.3) is 0 Å². The van der Waals surface area contributed by atoms with E-state index in [-0.39, 0.29) is 31.1 Å². The van der Waals surface area contributed by atoms with Gasteiger partial charge in [0.05, 0.1) is 0 Å². The standard InChI is InChI=1S/2C17H15.CH2.2ClH.Zr/c2*1-12-10-13(2)17-15(11-12)8-9-16(17)14-6-4-3-5-7-14;;;;/h2*3-11H,1-2H3;1H2;2*1H;/q;;;;;+2/p-2. The van der Waals surface area contributed by atoms with E-state index >= 15 is 0 Å². The van der Waals surface area contributed by atoms with Crippen molar-refractivity contribution in [3.05, 3.63) is 153 Å². The van der Waals surface area contributed by atoms with Crippen LogP contribution in [0.25, 0.3) is 12.2 Å². The van der Waals surface area contributed by atoms with E-state index in [0.717, 1.165) is 0 Å². The normalized spacial score (nSPS) is 20.1. The maximum atomic E-state index is 5.32. The predicted octanol–water partition coefficient (Wildman–Crippen LogP) is 2.22. The minimum atomic E-state index is -2.85. The van der Waals surface area contributed by atoms with Gasteiger partial charge < -0.3 is 24.8 Å². The van der Waals surface area contributed by atoms with E-state index in [1.165, 1.54) is 55.6 Å². The molecule has 2 unspecified atom stereocenters. The molecule has 0 fully saturated rings. The molecule has 6 rings (SSSR count). The number of halogens is 2. The molecule has 0 saturated heterocycles. The molecule has 3 heteroatoms. The fourth-order valence-electron chi connectivity index (χ4n) is 6.98. The first kappa shape index (κ1) is 28.7. The Morgan fingerprint density at radius 1 is 0.553 bits per heavy atom. The Kier molecular flexibility index (Phi) is 8.07. The summed E-state index contributed by atoms with van der Waals surface area (Å²) >= 11 is -2.85. The van der Waals surface area contributed by atoms with Crippen molar-refractivity contribution in [3.8, 4) is 0 Å². The molecule has 4 aromatic rings. The van der Waals surface area contributed by atoms with Crippen LogP contribution in [0.1, 0.15) is 55.6 Å². The van der Waals surface area contributed by atoms with E-state index in [0.29, 0.717) is 0 Å². The van der Waals surface area contributed by atoms with E-state index in [1.54, 1.807) is 0 Å². The van der Waals surface area contributed by atoms with Gasteiger partial charge in [-0.25, -0.2) is 0 Å². The molecule has 0 heterocycles. The van der Waals surface area contributed by atoms with Crippen molar-refractivity contribution >= 4 is 16.4 Å². The van der Waals surface area contributed by atoms with Gasteiger partial charge in [-0.2, -0.15) is 0 Å². The molecule has 2 aliphatic rings. The topological polar surface area (TPSA) is 0 Å². The fourth-order valence-corrected chi connectivity index (χ4v) is 15.6. The first-order valence-electron chi connectivity index (χ1n) is 12.8. The zero-order valence-corrected chi connectivity index (χ0v) is 26.3. The summed E-state index contributed by atoms with van der Waals surface area (Å²) in [6.45, 7) is 9.02. The largest absolute Gasteiger partial charge is 1.00 e. The third-order valence-electron chi connectivity index (χ3n) is 8.25. The second kappa shape index (κ2) is 10.7. The van der Waals surface area contributed by atoms with E-state index in [4.69, 9.17) is 4.21 Å². The zero-order valence-electron chi connectivity index (χ0n) is 22.4. The Morgan fingerprint density at radius 2 is 0.921 bits per heavy atom. The number of benzene rings is 4. The number of hydrogen-bond donors (Lipinski definition) is 0. The van der Waals surface area contributed by atoms with Crippen molar-refractivity contribution in [3.63, 3.8) is 0 Å². The van der Waals surface area contributed by atoms with Crippen molar-refractivity contribution in [1.29, 1.82) is 0 Å². The van der Waals surface area contributed by atoms with Crippen LogP contribution in [0.3, 0.4) is 0 Å². The molecule has 0 bridgehead atoms. The first-order chi connectivity index (χ1) is 17.4. The van der Waals surface area contributed by atoms with Gasteiger partial charge >= 0.3 is 224 Å². The summed E-state index contributed by atoms with van der Waals surface area (Å²) in [5, 5.41) is 0. The monoisotopic (exact) mass is 612 g/mol. The third kappa shape index (κ3) is 4.10. The molecular formula is C35H32Cl2Zr. The van der Waals surface area contributed by atoms with Crippen molar-refractivity contribution in [2.24, 2.45) is 0 Å². The van der Waals surface area contributed by atoms with Crippen LogP contribution >= 0.6 is 0 Å². The van der Waals surface area contributed by atoms with Gasteiger partial charge in [0.2, 0.25) is 0 Å². The van der Waals surface area contributed by atoms with E-state index < -0.39 is 21.3 Å². The van der Waals surface area contributed by atoms with Crippen LogP contribution < -0.4 is 24.8 Å². The molecule has 2 aliphatic carbocycles. The molecule has 4 aromatic carbocycles. The van der Waals surface area contributed by atoms with Gasteiger partial charge in [0.15, 0.2) is 0 Å². The molecule has 190 valence electrons. The summed E-state index contributed by atoms with van der Waals surface area (Å²) in [6, 6.07) is 31.9. The maximum Gasteiger partial charge on any atom is -1.00 e. The van der Waals surface area contributed by atoms with Gasteiger partial charge in [0, 0.05) is 0 Å². The molecule has 0 aromatic heterocycles. The Hall–Kier alpha value is -2.31. The molecule has 0 nitrogen and oxygen atoms in total. The van der Waals surface area contributed by atoms with Gasteiger partial charge in [0.1, 0.15) is 0 Å². The molecule has 0 amide bonds. The summed E-state index contributed by atoms with van der Waals surface area (Å²) in [5.74, 6) is 0. The number of allylic oxidation sites excluding steroid dienone is 2. The molecular weight excluding hydrogens is 583 g/mol. The van der Waals surface area contributed by atoms with Crippen molar-refractivity contribution in [1.82, 2.24) is 0 Å². The molecule has 0 N–H and O–H groups in total. The van der Waals surface area contributed by atoms with Crippen molar-refractivity contribution in [2.45, 2.75) is 33.9 Å². The average Bonchev–Trinajstić information content (AvgIpc) is 3.45. The minimum absolute atomic E-state index is 0. The smallest absolute Gasteiger partial charge is 1.00 e. The summed E-state index contributed by atoms with van der Waals surface area (Å²) in [4.78, 5) is 0. The van der Waals surface area contributed by atoms with Crippen molar-refractivity contribution in [2.75, 3.05) is 0 Å². The van der Waals surface area contributed by atoms with Crippen LogP contribution in [0, 0.1) is 27.7 Å². The number of fused-ring (bicyclic) bond motifs is 2. The van der Waals surface area contributed by atoms with Gasteiger partial charge in [-0.1, -0.05) is 0 Å². The Bertz CT molecular complexity index is 1460. The summed E-state index contributed by atoms with van der Waals surface area (Å²) in [5.41, 5.74) is 13.9. The quantitative estimate of drug-likeness (QED) is 0.331. The Balaban J connectivity index is 0.00000168. The van der Waals surface area contributed by atoms with Crippen LogP contribution in [0.15, 0.2) is 97.1 Å². The third-order valence-corrected chi connectivity index (χ3v) is 16.4. The van der Waals surface area contributed by atoms with Gasteiger partial charge in [-0.3, -0.25) is 0 Å². The molecule has 0 spiro atoms. The molecule has 2 atom stereocenters. The van der Waals surface area contributed by atoms with Crippen LogP contribution in [0.4, 0.5) is 0 Å². The molecule has 0 radical (unpaired) electrons. The van der Waals surface area contributed by atoms with Crippen LogP contribution in [-0.4, -0.2) is 4.21 Å². The summed E-state index contributed by atoms with van der Waals surface area (Å²) in [7, 11) is 0. The SMILES string of the molecule is [CH2]=[Zr+2]([C]1(c2ccccc2)C=Cc2cc(C)cc(C)c21)[C]1(c2ccccc2)C=Cc2cc(C)cc(C)c21.[Cl-].[Cl-]. The molecule has 0 saturated carbocycles. The molecule has 38 heavy (non-hydrogen) atoms. The van der Waals surface area contributed by atoms with E-state index in [2.05, 4.69) is 137 Å². The minimum Gasteiger partial charge on any atom is -1.00 e. The summed E-state index contributed by atoms with van der Waals surface area (Å²) < 4.78 is 4.98. The van der Waals surface area contributed by atoms with Crippen LogP contribution in [0.2, 0.25) is 0 Å². The number of aryl methyl sites for hydroxylation is 4. The average molecular weight is 615 g/mol. The van der Waals surface area contributed by atoms with Crippen molar-refractivity contribution < 1.29 is 46.1 Å². The Morgan fingerprint density at radius 3 is 1.29 bits per heavy atom. The first-order valence-corrected chi connectivity index (χ1v) is 17.0. The Labute approximate surface area is 247 Å². The van der Waals surface area contributed by atoms with E-state index in [9.17, 15) is 0 Å². The van der Waals surface area contributed by atoms with E-state index in [1.807, 2.05) is 0 Å². The number of rotatable bonds is 4. The van der Waals surface area contributed by atoms with Gasteiger partial charge in [-0.15, -0.1) is 0 Å². The molecule has 0 aliphatic heterocycles. The van der Waals surface area contributed by atoms with Crippen LogP contribution in [0.5, 0.6) is 0 Å². The maximum absolute atomic E-state index is 5.32. The predicted molar refractivity (Wildman–Crippen MR) is 151 cm³/mol. The van der Waals surface area contributed by atoms with Gasteiger partial charge in [-0.05, 0) is 0 Å². The second-order valence-electron chi connectivity index (χ2n) is 10.6.